The molecule has 0 bridgehead atoms. The molecule has 68 valence electrons. The maximum absolute atomic E-state index is 11.6. The van der Waals surface area contributed by atoms with E-state index < -0.39 is 0 Å². The van der Waals surface area contributed by atoms with Crippen LogP contribution in [0.2, 0.25) is 0 Å². The highest BCUT2D eigenvalue weighted by atomic mass is 16.2. The molecule has 12 heavy (non-hydrogen) atoms. The molecule has 0 radical (unpaired) electrons. The Balaban J connectivity index is 2.77. The first-order valence-corrected chi connectivity index (χ1v) is 4.46. The summed E-state index contributed by atoms with van der Waals surface area (Å²) in [7, 11) is 0. The van der Waals surface area contributed by atoms with Gasteiger partial charge in [-0.25, -0.2) is 4.79 Å². The summed E-state index contributed by atoms with van der Waals surface area (Å²) in [5.74, 6) is 0. The van der Waals surface area contributed by atoms with Crippen LogP contribution in [0.1, 0.15) is 20.8 Å². The van der Waals surface area contributed by atoms with Gasteiger partial charge in [0, 0.05) is 19.3 Å². The lowest BCUT2D eigenvalue weighted by Gasteiger charge is -2.34. The minimum absolute atomic E-state index is 0.120. The normalized spacial score (nSPS) is 23.6. The molecule has 1 heterocycles. The molecule has 3 heteroatoms. The van der Waals surface area contributed by atoms with Gasteiger partial charge in [-0.2, -0.15) is 0 Å². The van der Waals surface area contributed by atoms with Crippen molar-refractivity contribution in [3.63, 3.8) is 0 Å². The Morgan fingerprint density at radius 2 is 2.08 bits per heavy atom. The predicted molar refractivity (Wildman–Crippen MR) is 48.8 cm³/mol. The fraction of sp³-hybridized carbons (Fsp3) is 0.667. The largest absolute Gasteiger partial charge is 0.324 e. The second-order valence-corrected chi connectivity index (χ2v) is 2.94. The number of urea groups is 1. The first-order valence-electron chi connectivity index (χ1n) is 4.46. The van der Waals surface area contributed by atoms with Crippen molar-refractivity contribution in [2.24, 2.45) is 0 Å². The van der Waals surface area contributed by atoms with Gasteiger partial charge in [0.2, 0.25) is 0 Å². The van der Waals surface area contributed by atoms with E-state index in [4.69, 9.17) is 0 Å². The highest BCUT2D eigenvalue weighted by Gasteiger charge is 2.23. The molecule has 0 aliphatic carbocycles. The number of hydrogen-bond acceptors (Lipinski definition) is 1. The van der Waals surface area contributed by atoms with Crippen LogP contribution in [0.25, 0.3) is 0 Å². The number of carbonyl (C=O) groups excluding carboxylic acids is 1. The van der Waals surface area contributed by atoms with Crippen molar-refractivity contribution in [3.8, 4) is 0 Å². The van der Waals surface area contributed by atoms with E-state index in [9.17, 15) is 4.79 Å². The van der Waals surface area contributed by atoms with Gasteiger partial charge in [0.15, 0.2) is 0 Å². The lowest BCUT2D eigenvalue weighted by molar-refractivity contribution is 0.158. The fourth-order valence-electron chi connectivity index (χ4n) is 1.40. The summed E-state index contributed by atoms with van der Waals surface area (Å²) in [5, 5.41) is 0. The Morgan fingerprint density at radius 1 is 1.42 bits per heavy atom. The van der Waals surface area contributed by atoms with Crippen molar-refractivity contribution in [1.82, 2.24) is 9.80 Å². The Labute approximate surface area is 73.6 Å². The van der Waals surface area contributed by atoms with E-state index in [0.717, 1.165) is 13.1 Å². The third-order valence-electron chi connectivity index (χ3n) is 2.21. The first-order chi connectivity index (χ1) is 5.70. The zero-order chi connectivity index (χ0) is 9.14. The Morgan fingerprint density at radius 3 is 2.58 bits per heavy atom. The summed E-state index contributed by atoms with van der Waals surface area (Å²) >= 11 is 0. The Hall–Kier alpha value is -0.990. The lowest BCUT2D eigenvalue weighted by atomic mass is 10.2. The fourth-order valence-corrected chi connectivity index (χ4v) is 1.40. The molecule has 0 saturated carbocycles. The van der Waals surface area contributed by atoms with Gasteiger partial charge in [-0.05, 0) is 26.8 Å². The number of carbonyl (C=O) groups is 1. The maximum Gasteiger partial charge on any atom is 0.324 e. The summed E-state index contributed by atoms with van der Waals surface area (Å²) < 4.78 is 0. The number of nitrogens with zero attached hydrogens (tertiary/aromatic N) is 2. The second-order valence-electron chi connectivity index (χ2n) is 2.94. The number of likely N-dealkylation sites (N-methyl/N-ethyl adjacent to an activating group) is 1. The van der Waals surface area contributed by atoms with E-state index in [1.165, 1.54) is 0 Å². The van der Waals surface area contributed by atoms with E-state index in [1.54, 1.807) is 4.90 Å². The molecule has 0 aromatic heterocycles. The summed E-state index contributed by atoms with van der Waals surface area (Å²) in [6.07, 6.45) is 3.92. The van der Waals surface area contributed by atoms with Crippen molar-refractivity contribution in [2.45, 2.75) is 26.8 Å². The molecule has 0 fully saturated rings. The van der Waals surface area contributed by atoms with Gasteiger partial charge in [0.05, 0.1) is 6.04 Å². The van der Waals surface area contributed by atoms with Gasteiger partial charge in [-0.1, -0.05) is 0 Å². The van der Waals surface area contributed by atoms with Gasteiger partial charge < -0.3 is 9.80 Å². The van der Waals surface area contributed by atoms with E-state index in [2.05, 4.69) is 6.08 Å². The van der Waals surface area contributed by atoms with Crippen LogP contribution in [0.15, 0.2) is 12.3 Å². The topological polar surface area (TPSA) is 23.6 Å². The van der Waals surface area contributed by atoms with Crippen LogP contribution < -0.4 is 0 Å². The molecular formula is C9H16N2O. The minimum Gasteiger partial charge on any atom is -0.318 e. The highest BCUT2D eigenvalue weighted by Crippen LogP contribution is 2.11. The van der Waals surface area contributed by atoms with Crippen molar-refractivity contribution in [2.75, 3.05) is 13.1 Å². The zero-order valence-electron chi connectivity index (χ0n) is 7.95. The molecule has 1 atom stereocenters. The van der Waals surface area contributed by atoms with E-state index in [-0.39, 0.29) is 12.1 Å². The zero-order valence-corrected chi connectivity index (χ0v) is 7.95. The molecule has 2 amide bonds. The standard InChI is InChI=1S/C9H16N2O/c1-4-10-7-6-8(3)11(5-2)9(10)12/h6-8H,4-5H2,1-3H3. The van der Waals surface area contributed by atoms with Gasteiger partial charge in [0.25, 0.3) is 0 Å². The van der Waals surface area contributed by atoms with Crippen LogP contribution in [0.4, 0.5) is 4.79 Å². The van der Waals surface area contributed by atoms with Crippen molar-refractivity contribution < 1.29 is 4.79 Å². The molecule has 1 aliphatic rings. The first kappa shape index (κ1) is 9.10. The summed E-state index contributed by atoms with van der Waals surface area (Å²) in [4.78, 5) is 15.2. The van der Waals surface area contributed by atoms with Crippen LogP contribution >= 0.6 is 0 Å². The average Bonchev–Trinajstić information content (AvgIpc) is 2.06. The molecule has 0 spiro atoms. The third kappa shape index (κ3) is 1.44. The predicted octanol–water partition coefficient (Wildman–Crippen LogP) is 1.67. The summed E-state index contributed by atoms with van der Waals surface area (Å²) in [5.41, 5.74) is 0. The SMILES string of the molecule is CCN1C=CC(C)N(CC)C1=O. The molecule has 1 unspecified atom stereocenters. The summed E-state index contributed by atoms with van der Waals surface area (Å²) in [6.45, 7) is 7.54. The van der Waals surface area contributed by atoms with Crippen LogP contribution in [0.5, 0.6) is 0 Å². The Kier molecular flexibility index (Phi) is 2.74. The van der Waals surface area contributed by atoms with Crippen LogP contribution in [-0.2, 0) is 0 Å². The summed E-state index contributed by atoms with van der Waals surface area (Å²) in [6, 6.07) is 0.361. The van der Waals surface area contributed by atoms with E-state index >= 15 is 0 Å². The van der Waals surface area contributed by atoms with E-state index in [1.807, 2.05) is 31.9 Å². The van der Waals surface area contributed by atoms with Gasteiger partial charge >= 0.3 is 6.03 Å². The monoisotopic (exact) mass is 168 g/mol. The maximum atomic E-state index is 11.6. The van der Waals surface area contributed by atoms with Crippen molar-refractivity contribution in [1.29, 1.82) is 0 Å². The number of hydrogen-bond donors (Lipinski definition) is 0. The van der Waals surface area contributed by atoms with Crippen molar-refractivity contribution >= 4 is 6.03 Å². The van der Waals surface area contributed by atoms with Gasteiger partial charge in [0.1, 0.15) is 0 Å². The molecule has 1 aliphatic heterocycles. The number of rotatable bonds is 2. The van der Waals surface area contributed by atoms with Crippen LogP contribution in [0.3, 0.4) is 0 Å². The molecule has 0 aromatic carbocycles. The Bertz CT molecular complexity index is 201. The molecule has 0 saturated heterocycles. The van der Waals surface area contributed by atoms with Crippen molar-refractivity contribution in [3.05, 3.63) is 12.3 Å². The van der Waals surface area contributed by atoms with E-state index in [0.29, 0.717) is 0 Å². The highest BCUT2D eigenvalue weighted by molar-refractivity contribution is 5.77. The quantitative estimate of drug-likeness (QED) is 0.615. The molecular weight excluding hydrogens is 152 g/mol. The number of amides is 2. The molecule has 1 rings (SSSR count). The lowest BCUT2D eigenvalue weighted by Crippen LogP contribution is -2.47. The minimum atomic E-state index is 0.120. The second kappa shape index (κ2) is 3.61. The van der Waals surface area contributed by atoms with Crippen LogP contribution in [-0.4, -0.2) is 35.0 Å². The van der Waals surface area contributed by atoms with Crippen LogP contribution in [0, 0.1) is 0 Å². The average molecular weight is 168 g/mol. The third-order valence-corrected chi connectivity index (χ3v) is 2.21. The molecule has 0 aromatic rings. The van der Waals surface area contributed by atoms with Gasteiger partial charge in [-0.3, -0.25) is 0 Å². The van der Waals surface area contributed by atoms with Gasteiger partial charge in [-0.15, -0.1) is 0 Å². The molecule has 0 N–H and O–H groups in total. The molecule has 3 nitrogen and oxygen atoms in total. The smallest absolute Gasteiger partial charge is 0.318 e.